The Bertz CT molecular complexity index is 748. The maximum Gasteiger partial charge on any atom is 0.335 e. The molecule has 3 rings (SSSR count). The van der Waals surface area contributed by atoms with Crippen LogP contribution in [0.1, 0.15) is 51.1 Å². The third kappa shape index (κ3) is 4.04. The average Bonchev–Trinajstić information content (AvgIpc) is 2.63. The molecule has 2 aromatic carbocycles. The van der Waals surface area contributed by atoms with Gasteiger partial charge in [-0.05, 0) is 35.3 Å². The molecule has 1 aliphatic rings. The number of aromatic carboxylic acids is 2. The number of carboxylic acid groups (broad SMARTS) is 2. The lowest BCUT2D eigenvalue weighted by Gasteiger charge is -2.36. The van der Waals surface area contributed by atoms with Crippen molar-refractivity contribution in [2.24, 2.45) is 0 Å². The lowest BCUT2D eigenvalue weighted by atomic mass is 10.1. The fraction of sp³-hybridized carbons (Fsp3) is 0.333. The van der Waals surface area contributed by atoms with Crippen molar-refractivity contribution in [2.75, 3.05) is 0 Å². The highest BCUT2D eigenvalue weighted by Crippen LogP contribution is 2.35. The van der Waals surface area contributed by atoms with Crippen LogP contribution in [0.2, 0.25) is 12.1 Å². The van der Waals surface area contributed by atoms with Gasteiger partial charge in [-0.1, -0.05) is 67.7 Å². The van der Waals surface area contributed by atoms with Gasteiger partial charge in [-0.25, -0.2) is 9.59 Å². The molecule has 1 aliphatic heterocycles. The first-order valence-corrected chi connectivity index (χ1v) is 12.0. The van der Waals surface area contributed by atoms with Crippen molar-refractivity contribution in [3.8, 4) is 0 Å². The standard InChI is InChI=1S/C21H24O4Si/c22-20(23)18-10-4-2-8-16(18)14-26(12-6-1-7-13-26)15-17-9-3-5-11-19(17)21(24)25/h2-5,8-11H,1,6-7,12-15H2,(H,22,23)(H,24,25). The van der Waals surface area contributed by atoms with Crippen LogP contribution in [-0.2, 0) is 12.1 Å². The molecule has 1 fully saturated rings. The van der Waals surface area contributed by atoms with Crippen LogP contribution in [0.5, 0.6) is 0 Å². The maximum absolute atomic E-state index is 11.6. The van der Waals surface area contributed by atoms with E-state index >= 15 is 0 Å². The van der Waals surface area contributed by atoms with Crippen molar-refractivity contribution in [1.29, 1.82) is 0 Å². The van der Waals surface area contributed by atoms with E-state index in [4.69, 9.17) is 0 Å². The smallest absolute Gasteiger partial charge is 0.335 e. The fourth-order valence-corrected chi connectivity index (χ4v) is 9.61. The highest BCUT2D eigenvalue weighted by molar-refractivity contribution is 6.79. The zero-order valence-corrected chi connectivity index (χ0v) is 15.8. The Morgan fingerprint density at radius 3 is 1.58 bits per heavy atom. The van der Waals surface area contributed by atoms with Gasteiger partial charge in [0.2, 0.25) is 0 Å². The summed E-state index contributed by atoms with van der Waals surface area (Å²) in [7, 11) is -1.85. The number of hydrogen-bond acceptors (Lipinski definition) is 2. The van der Waals surface area contributed by atoms with Crippen molar-refractivity contribution < 1.29 is 19.8 Å². The van der Waals surface area contributed by atoms with Gasteiger partial charge in [-0.15, -0.1) is 0 Å². The summed E-state index contributed by atoms with van der Waals surface area (Å²) in [5.74, 6) is -1.77. The van der Waals surface area contributed by atoms with Crippen LogP contribution in [0.25, 0.3) is 0 Å². The number of benzene rings is 2. The molecule has 0 atom stereocenters. The summed E-state index contributed by atoms with van der Waals surface area (Å²) in [6.45, 7) is 0. The SMILES string of the molecule is O=C(O)c1ccccc1C[Si]1(Cc2ccccc2C(=O)O)CCCCC1. The minimum absolute atomic E-state index is 0.386. The third-order valence-electron chi connectivity index (χ3n) is 5.54. The Morgan fingerprint density at radius 1 is 0.731 bits per heavy atom. The van der Waals surface area contributed by atoms with Gasteiger partial charge in [0.05, 0.1) is 19.2 Å². The normalized spacial score (nSPS) is 16.2. The quantitative estimate of drug-likeness (QED) is 0.732. The topological polar surface area (TPSA) is 74.6 Å². The summed E-state index contributed by atoms with van der Waals surface area (Å²) in [4.78, 5) is 23.2. The van der Waals surface area contributed by atoms with Gasteiger partial charge < -0.3 is 10.2 Å². The molecule has 0 aliphatic carbocycles. The Hall–Kier alpha value is -2.40. The molecule has 1 heterocycles. The van der Waals surface area contributed by atoms with E-state index < -0.39 is 20.0 Å². The van der Waals surface area contributed by atoms with Gasteiger partial charge in [0, 0.05) is 0 Å². The predicted octanol–water partition coefficient (Wildman–Crippen LogP) is 4.58. The molecule has 4 nitrogen and oxygen atoms in total. The van der Waals surface area contributed by atoms with Crippen LogP contribution in [-0.4, -0.2) is 30.2 Å². The highest BCUT2D eigenvalue weighted by atomic mass is 28.3. The van der Waals surface area contributed by atoms with E-state index in [0.717, 1.165) is 48.1 Å². The van der Waals surface area contributed by atoms with E-state index in [-0.39, 0.29) is 0 Å². The van der Waals surface area contributed by atoms with Crippen LogP contribution in [0.3, 0.4) is 0 Å². The first-order valence-electron chi connectivity index (χ1n) is 9.13. The van der Waals surface area contributed by atoms with Gasteiger partial charge in [-0.3, -0.25) is 0 Å². The van der Waals surface area contributed by atoms with Crippen molar-refractivity contribution >= 4 is 20.0 Å². The summed E-state index contributed by atoms with van der Waals surface area (Å²) in [6, 6.07) is 18.4. The van der Waals surface area contributed by atoms with E-state index in [2.05, 4.69) is 0 Å². The summed E-state index contributed by atoms with van der Waals surface area (Å²) >= 11 is 0. The Kier molecular flexibility index (Phi) is 5.57. The second kappa shape index (κ2) is 7.87. The summed E-state index contributed by atoms with van der Waals surface area (Å²) < 4.78 is 0. The van der Waals surface area contributed by atoms with Crippen LogP contribution >= 0.6 is 0 Å². The molecule has 136 valence electrons. The van der Waals surface area contributed by atoms with E-state index in [1.807, 2.05) is 24.3 Å². The molecule has 26 heavy (non-hydrogen) atoms. The molecule has 0 radical (unpaired) electrons. The maximum atomic E-state index is 11.6. The van der Waals surface area contributed by atoms with E-state index in [1.165, 1.54) is 6.42 Å². The molecular formula is C21H24O4Si. The monoisotopic (exact) mass is 368 g/mol. The van der Waals surface area contributed by atoms with Gasteiger partial charge in [-0.2, -0.15) is 0 Å². The molecule has 2 N–H and O–H groups in total. The van der Waals surface area contributed by atoms with Crippen molar-refractivity contribution in [2.45, 2.75) is 43.4 Å². The first-order chi connectivity index (χ1) is 12.5. The van der Waals surface area contributed by atoms with Crippen LogP contribution < -0.4 is 0 Å². The van der Waals surface area contributed by atoms with Crippen LogP contribution in [0, 0.1) is 0 Å². The van der Waals surface area contributed by atoms with Crippen molar-refractivity contribution in [3.63, 3.8) is 0 Å². The summed E-state index contributed by atoms with van der Waals surface area (Å²) in [5, 5.41) is 19.0. The van der Waals surface area contributed by atoms with Gasteiger partial charge in [0.1, 0.15) is 0 Å². The lowest BCUT2D eigenvalue weighted by Crippen LogP contribution is -2.43. The van der Waals surface area contributed by atoms with Crippen molar-refractivity contribution in [1.82, 2.24) is 0 Å². The second-order valence-corrected chi connectivity index (χ2v) is 12.0. The highest BCUT2D eigenvalue weighted by Gasteiger charge is 2.36. The largest absolute Gasteiger partial charge is 0.478 e. The second-order valence-electron chi connectivity index (χ2n) is 7.34. The first kappa shape index (κ1) is 18.4. The van der Waals surface area contributed by atoms with Gasteiger partial charge >= 0.3 is 11.9 Å². The molecule has 2 aromatic rings. The Balaban J connectivity index is 1.96. The molecule has 5 heteroatoms. The molecule has 1 saturated heterocycles. The zero-order chi connectivity index (χ0) is 18.6. The predicted molar refractivity (Wildman–Crippen MR) is 103 cm³/mol. The molecule has 0 bridgehead atoms. The van der Waals surface area contributed by atoms with Gasteiger partial charge in [0.25, 0.3) is 0 Å². The van der Waals surface area contributed by atoms with Crippen molar-refractivity contribution in [3.05, 3.63) is 70.8 Å². The minimum Gasteiger partial charge on any atom is -0.478 e. The van der Waals surface area contributed by atoms with Crippen LogP contribution in [0.4, 0.5) is 0 Å². The van der Waals surface area contributed by atoms with Crippen LogP contribution in [0.15, 0.2) is 48.5 Å². The van der Waals surface area contributed by atoms with Gasteiger partial charge in [0.15, 0.2) is 0 Å². The summed E-state index contributed by atoms with van der Waals surface area (Å²) in [5.41, 5.74) is 2.58. The number of rotatable bonds is 6. The fourth-order valence-electron chi connectivity index (χ4n) is 4.29. The molecule has 0 amide bonds. The zero-order valence-electron chi connectivity index (χ0n) is 14.8. The molecule has 0 spiro atoms. The number of carbonyl (C=O) groups is 2. The summed E-state index contributed by atoms with van der Waals surface area (Å²) in [6.07, 6.45) is 3.54. The van der Waals surface area contributed by atoms with E-state index in [9.17, 15) is 19.8 Å². The van der Waals surface area contributed by atoms with E-state index in [1.54, 1.807) is 24.3 Å². The number of hydrogen-bond donors (Lipinski definition) is 2. The molecule has 0 unspecified atom stereocenters. The average molecular weight is 369 g/mol. The number of carboxylic acids is 2. The third-order valence-corrected chi connectivity index (χ3v) is 10.6. The molecule has 0 aromatic heterocycles. The Labute approximate surface area is 154 Å². The molecular weight excluding hydrogens is 344 g/mol. The lowest BCUT2D eigenvalue weighted by molar-refractivity contribution is 0.0685. The minimum atomic E-state index is -1.85. The molecule has 0 saturated carbocycles. The van der Waals surface area contributed by atoms with E-state index in [0.29, 0.717) is 11.1 Å². The Morgan fingerprint density at radius 2 is 1.15 bits per heavy atom.